The lowest BCUT2D eigenvalue weighted by molar-refractivity contribution is 0.113. The summed E-state index contributed by atoms with van der Waals surface area (Å²) >= 11 is 2.34. The van der Waals surface area contributed by atoms with E-state index in [1.165, 1.54) is 9.14 Å². The molecule has 0 saturated carbocycles. The summed E-state index contributed by atoms with van der Waals surface area (Å²) in [7, 11) is 1.68. The Morgan fingerprint density at radius 3 is 2.56 bits per heavy atom. The number of hydrogen-bond acceptors (Lipinski definition) is 2. The van der Waals surface area contributed by atoms with Gasteiger partial charge >= 0.3 is 0 Å². The summed E-state index contributed by atoms with van der Waals surface area (Å²) in [6.45, 7) is 5.81. The molecule has 0 amide bonds. The van der Waals surface area contributed by atoms with E-state index in [4.69, 9.17) is 9.47 Å². The third-order valence-corrected chi connectivity index (χ3v) is 3.02. The van der Waals surface area contributed by atoms with Crippen molar-refractivity contribution in [3.8, 4) is 5.75 Å². The lowest BCUT2D eigenvalue weighted by Crippen LogP contribution is -2.00. The Hall–Kier alpha value is -0.550. The fraction of sp³-hybridized carbons (Fsp3) is 0.467. The standard InChI is InChI=1S/C15H21IO2/c1-12(10-13(2)16)8-9-18-11-14-4-6-15(17-3)7-5-14/h4-7,10,12H,8-9,11H2,1-3H3/b13-10-/t12-/m1/s1. The molecule has 0 saturated heterocycles. The lowest BCUT2D eigenvalue weighted by atomic mass is 10.1. The summed E-state index contributed by atoms with van der Waals surface area (Å²) < 4.78 is 12.1. The molecule has 0 N–H and O–H groups in total. The van der Waals surface area contributed by atoms with Gasteiger partial charge in [0.15, 0.2) is 0 Å². The van der Waals surface area contributed by atoms with E-state index in [2.05, 4.69) is 42.5 Å². The number of methoxy groups -OCH3 is 1. The van der Waals surface area contributed by atoms with Crippen molar-refractivity contribution >= 4 is 22.6 Å². The molecular weight excluding hydrogens is 339 g/mol. The van der Waals surface area contributed by atoms with Gasteiger partial charge in [-0.2, -0.15) is 0 Å². The number of halogens is 1. The van der Waals surface area contributed by atoms with Crippen molar-refractivity contribution in [2.75, 3.05) is 13.7 Å². The molecule has 0 aliphatic carbocycles. The van der Waals surface area contributed by atoms with Gasteiger partial charge in [-0.1, -0.05) is 25.1 Å². The van der Waals surface area contributed by atoms with E-state index in [9.17, 15) is 0 Å². The molecule has 0 heterocycles. The van der Waals surface area contributed by atoms with E-state index < -0.39 is 0 Å². The molecule has 1 rings (SSSR count). The van der Waals surface area contributed by atoms with Gasteiger partial charge in [0.05, 0.1) is 13.7 Å². The summed E-state index contributed by atoms with van der Waals surface area (Å²) in [6.07, 6.45) is 3.34. The molecule has 0 spiro atoms. The highest BCUT2D eigenvalue weighted by Crippen LogP contribution is 2.14. The normalized spacial score (nSPS) is 13.4. The van der Waals surface area contributed by atoms with Gasteiger partial charge in [0.25, 0.3) is 0 Å². The van der Waals surface area contributed by atoms with E-state index in [-0.39, 0.29) is 0 Å². The Balaban J connectivity index is 2.23. The maximum Gasteiger partial charge on any atom is 0.118 e. The van der Waals surface area contributed by atoms with Gasteiger partial charge < -0.3 is 9.47 Å². The summed E-state index contributed by atoms with van der Waals surface area (Å²) in [6, 6.07) is 8.00. The van der Waals surface area contributed by atoms with Crippen LogP contribution in [0.15, 0.2) is 33.9 Å². The van der Waals surface area contributed by atoms with Gasteiger partial charge in [0.1, 0.15) is 5.75 Å². The molecule has 2 nitrogen and oxygen atoms in total. The lowest BCUT2D eigenvalue weighted by Gasteiger charge is -2.08. The van der Waals surface area contributed by atoms with Crippen LogP contribution in [0.4, 0.5) is 0 Å². The maximum absolute atomic E-state index is 5.67. The van der Waals surface area contributed by atoms with E-state index in [1.54, 1.807) is 7.11 Å². The average molecular weight is 360 g/mol. The molecule has 100 valence electrons. The van der Waals surface area contributed by atoms with Crippen molar-refractivity contribution in [3.05, 3.63) is 39.5 Å². The highest BCUT2D eigenvalue weighted by Gasteiger charge is 1.99. The summed E-state index contributed by atoms with van der Waals surface area (Å²) in [5.41, 5.74) is 1.18. The number of rotatable bonds is 7. The van der Waals surface area contributed by atoms with Gasteiger partial charge in [-0.15, -0.1) is 0 Å². The highest BCUT2D eigenvalue weighted by atomic mass is 127. The van der Waals surface area contributed by atoms with Crippen LogP contribution in [-0.2, 0) is 11.3 Å². The van der Waals surface area contributed by atoms with E-state index in [1.807, 2.05) is 24.3 Å². The molecule has 0 radical (unpaired) electrons. The van der Waals surface area contributed by atoms with Crippen molar-refractivity contribution in [2.24, 2.45) is 5.92 Å². The quantitative estimate of drug-likeness (QED) is 0.524. The van der Waals surface area contributed by atoms with Crippen LogP contribution in [0.25, 0.3) is 0 Å². The van der Waals surface area contributed by atoms with Crippen LogP contribution in [0.1, 0.15) is 25.8 Å². The van der Waals surface area contributed by atoms with Crippen LogP contribution < -0.4 is 4.74 Å². The van der Waals surface area contributed by atoms with Crippen molar-refractivity contribution in [2.45, 2.75) is 26.9 Å². The summed E-state index contributed by atoms with van der Waals surface area (Å²) in [4.78, 5) is 0. The first-order chi connectivity index (χ1) is 8.61. The molecule has 1 aromatic carbocycles. The second-order valence-electron chi connectivity index (χ2n) is 4.42. The van der Waals surface area contributed by atoms with Gasteiger partial charge in [-0.25, -0.2) is 0 Å². The molecule has 3 heteroatoms. The van der Waals surface area contributed by atoms with Crippen LogP contribution in [0.5, 0.6) is 5.75 Å². The fourth-order valence-electron chi connectivity index (χ4n) is 1.66. The first kappa shape index (κ1) is 15.5. The topological polar surface area (TPSA) is 18.5 Å². The van der Waals surface area contributed by atoms with Crippen molar-refractivity contribution in [1.82, 2.24) is 0 Å². The van der Waals surface area contributed by atoms with Crippen molar-refractivity contribution in [1.29, 1.82) is 0 Å². The Morgan fingerprint density at radius 2 is 2.00 bits per heavy atom. The zero-order chi connectivity index (χ0) is 13.4. The second-order valence-corrected chi connectivity index (χ2v) is 6.12. The van der Waals surface area contributed by atoms with Crippen LogP contribution in [0.3, 0.4) is 0 Å². The number of ether oxygens (including phenoxy) is 2. The molecule has 0 aliphatic heterocycles. The summed E-state index contributed by atoms with van der Waals surface area (Å²) in [5, 5.41) is 0. The molecule has 0 fully saturated rings. The first-order valence-corrected chi connectivity index (χ1v) is 7.24. The monoisotopic (exact) mass is 360 g/mol. The van der Waals surface area contributed by atoms with E-state index >= 15 is 0 Å². The summed E-state index contributed by atoms with van der Waals surface area (Å²) in [5.74, 6) is 1.47. The number of hydrogen-bond donors (Lipinski definition) is 0. The van der Waals surface area contributed by atoms with Crippen LogP contribution in [0.2, 0.25) is 0 Å². The molecule has 18 heavy (non-hydrogen) atoms. The third-order valence-electron chi connectivity index (χ3n) is 2.66. The minimum absolute atomic E-state index is 0.581. The smallest absolute Gasteiger partial charge is 0.118 e. The molecule has 0 aliphatic rings. The highest BCUT2D eigenvalue weighted by molar-refractivity contribution is 14.1. The number of allylic oxidation sites excluding steroid dienone is 2. The van der Waals surface area contributed by atoms with E-state index in [0.717, 1.165) is 18.8 Å². The van der Waals surface area contributed by atoms with Crippen molar-refractivity contribution in [3.63, 3.8) is 0 Å². The van der Waals surface area contributed by atoms with Crippen molar-refractivity contribution < 1.29 is 9.47 Å². The Kier molecular flexibility index (Phi) is 7.35. The first-order valence-electron chi connectivity index (χ1n) is 6.16. The third kappa shape index (κ3) is 6.40. The Labute approximate surface area is 124 Å². The number of benzene rings is 1. The minimum atomic E-state index is 0.581. The van der Waals surface area contributed by atoms with E-state index in [0.29, 0.717) is 12.5 Å². The SMILES string of the molecule is COc1ccc(COCC[C@@H](C)/C=C(/C)I)cc1. The largest absolute Gasteiger partial charge is 0.497 e. The maximum atomic E-state index is 5.67. The van der Waals surface area contributed by atoms with Gasteiger partial charge in [0, 0.05) is 6.61 Å². The zero-order valence-electron chi connectivity index (χ0n) is 11.3. The average Bonchev–Trinajstić information content (AvgIpc) is 2.34. The predicted molar refractivity (Wildman–Crippen MR) is 84.2 cm³/mol. The zero-order valence-corrected chi connectivity index (χ0v) is 13.4. The molecule has 0 bridgehead atoms. The van der Waals surface area contributed by atoms with Crippen LogP contribution in [0, 0.1) is 5.92 Å². The molecular formula is C15H21IO2. The Morgan fingerprint density at radius 1 is 1.33 bits per heavy atom. The van der Waals surface area contributed by atoms with Gasteiger partial charge in [-0.3, -0.25) is 0 Å². The molecule has 1 atom stereocenters. The van der Waals surface area contributed by atoms with Gasteiger partial charge in [0.2, 0.25) is 0 Å². The second kappa shape index (κ2) is 8.53. The Bertz CT molecular complexity index is 367. The molecule has 1 aromatic rings. The van der Waals surface area contributed by atoms with Gasteiger partial charge in [-0.05, 0) is 63.1 Å². The predicted octanol–water partition coefficient (Wildman–Crippen LogP) is 4.58. The minimum Gasteiger partial charge on any atom is -0.497 e. The fourth-order valence-corrected chi connectivity index (χ4v) is 2.27. The van der Waals surface area contributed by atoms with Crippen LogP contribution in [-0.4, -0.2) is 13.7 Å². The molecule has 0 aromatic heterocycles. The molecule has 0 unspecified atom stereocenters. The van der Waals surface area contributed by atoms with Crippen LogP contribution >= 0.6 is 22.6 Å².